The van der Waals surface area contributed by atoms with E-state index in [1.54, 1.807) is 11.3 Å². The van der Waals surface area contributed by atoms with Gasteiger partial charge in [-0.15, -0.1) is 11.3 Å². The molecule has 1 aliphatic rings. The average Bonchev–Trinajstić information content (AvgIpc) is 3.23. The molecule has 5 rings (SSSR count). The largest absolute Gasteiger partial charge is 0.230 e. The van der Waals surface area contributed by atoms with Crippen LogP contribution in [0.4, 0.5) is 0 Å². The Morgan fingerprint density at radius 1 is 0.882 bits per heavy atom. The number of aromatic nitrogens is 1. The first-order valence-electron chi connectivity index (χ1n) is 12.1. The summed E-state index contributed by atoms with van der Waals surface area (Å²) in [5, 5.41) is 0. The molecule has 0 atom stereocenters. The third-order valence-electron chi connectivity index (χ3n) is 7.27. The molecular formula is C31H33NS2. The van der Waals surface area contributed by atoms with E-state index in [-0.39, 0.29) is 10.8 Å². The summed E-state index contributed by atoms with van der Waals surface area (Å²) in [5.41, 5.74) is 9.82. The van der Waals surface area contributed by atoms with Gasteiger partial charge in [0.1, 0.15) is 0 Å². The highest BCUT2D eigenvalue weighted by atomic mass is 32.2. The summed E-state index contributed by atoms with van der Waals surface area (Å²) in [6, 6.07) is 22.2. The van der Waals surface area contributed by atoms with E-state index in [4.69, 9.17) is 4.98 Å². The standard InChI is InChI=1S/C31H33NS2/c1-21-10-12-22(13-11-21)14-15-23-18-25-26(31(4,5)17-16-30(25,2)3)19-24(23)20-33-29-32-27-8-6-7-9-28(27)34-29/h6-15,18-19H,16-17,20H2,1-5H3/b15-14+. The molecule has 0 unspecified atom stereocenters. The molecule has 174 valence electrons. The Morgan fingerprint density at radius 3 is 2.26 bits per heavy atom. The smallest absolute Gasteiger partial charge is 0.151 e. The van der Waals surface area contributed by atoms with Crippen LogP contribution in [0.15, 0.2) is 65.0 Å². The second-order valence-electron chi connectivity index (χ2n) is 10.8. The third kappa shape index (κ3) is 4.74. The van der Waals surface area contributed by atoms with Gasteiger partial charge in [-0.25, -0.2) is 4.98 Å². The lowest BCUT2D eigenvalue weighted by Crippen LogP contribution is -2.34. The van der Waals surface area contributed by atoms with Crippen molar-refractivity contribution >= 4 is 45.5 Å². The number of aryl methyl sites for hydroxylation is 1. The van der Waals surface area contributed by atoms with E-state index in [1.807, 2.05) is 11.8 Å². The molecule has 0 aliphatic heterocycles. The highest BCUT2D eigenvalue weighted by Crippen LogP contribution is 2.47. The minimum Gasteiger partial charge on any atom is -0.230 e. The predicted octanol–water partition coefficient (Wildman–Crippen LogP) is 9.42. The fraction of sp³-hybridized carbons (Fsp3) is 0.323. The van der Waals surface area contributed by atoms with Crippen LogP contribution >= 0.6 is 23.1 Å². The molecule has 3 aromatic carbocycles. The Balaban J connectivity index is 1.54. The molecule has 0 N–H and O–H groups in total. The third-order valence-corrected chi connectivity index (χ3v) is 9.50. The van der Waals surface area contributed by atoms with E-state index in [0.717, 1.165) is 15.6 Å². The van der Waals surface area contributed by atoms with Crippen molar-refractivity contribution < 1.29 is 0 Å². The van der Waals surface area contributed by atoms with Crippen LogP contribution in [0.1, 0.15) is 73.9 Å². The summed E-state index contributed by atoms with van der Waals surface area (Å²) in [6.07, 6.45) is 7.04. The van der Waals surface area contributed by atoms with E-state index in [9.17, 15) is 0 Å². The molecule has 1 aliphatic carbocycles. The molecule has 0 bridgehead atoms. The summed E-state index contributed by atoms with van der Waals surface area (Å²) in [5.74, 6) is 0.928. The van der Waals surface area contributed by atoms with Gasteiger partial charge in [0.15, 0.2) is 4.34 Å². The topological polar surface area (TPSA) is 12.9 Å². The van der Waals surface area contributed by atoms with Crippen molar-refractivity contribution in [2.45, 2.75) is 68.4 Å². The quantitative estimate of drug-likeness (QED) is 0.207. The van der Waals surface area contributed by atoms with Crippen LogP contribution in [-0.4, -0.2) is 4.98 Å². The van der Waals surface area contributed by atoms with Crippen LogP contribution in [0, 0.1) is 6.92 Å². The molecule has 0 fully saturated rings. The van der Waals surface area contributed by atoms with Gasteiger partial charge < -0.3 is 0 Å². The molecule has 1 aromatic heterocycles. The van der Waals surface area contributed by atoms with Crippen LogP contribution in [-0.2, 0) is 16.6 Å². The second kappa shape index (κ2) is 9.02. The zero-order valence-corrected chi connectivity index (χ0v) is 22.4. The number of rotatable bonds is 5. The molecule has 34 heavy (non-hydrogen) atoms. The van der Waals surface area contributed by atoms with Gasteiger partial charge >= 0.3 is 0 Å². The number of hydrogen-bond donors (Lipinski definition) is 0. The fourth-order valence-corrected chi connectivity index (χ4v) is 6.94. The van der Waals surface area contributed by atoms with Crippen molar-refractivity contribution in [1.29, 1.82) is 0 Å². The summed E-state index contributed by atoms with van der Waals surface area (Å²) < 4.78 is 2.41. The number of fused-ring (bicyclic) bond motifs is 2. The second-order valence-corrected chi connectivity index (χ2v) is 13.1. The lowest BCUT2D eigenvalue weighted by molar-refractivity contribution is 0.331. The Bertz CT molecular complexity index is 1320. The molecule has 1 heterocycles. The monoisotopic (exact) mass is 483 g/mol. The zero-order chi connectivity index (χ0) is 23.9. The van der Waals surface area contributed by atoms with E-state index >= 15 is 0 Å². The summed E-state index contributed by atoms with van der Waals surface area (Å²) >= 11 is 3.66. The van der Waals surface area contributed by atoms with Gasteiger partial charge in [-0.3, -0.25) is 0 Å². The first-order valence-corrected chi connectivity index (χ1v) is 13.9. The van der Waals surface area contributed by atoms with E-state index in [2.05, 4.69) is 107 Å². The molecule has 0 saturated carbocycles. The highest BCUT2D eigenvalue weighted by molar-refractivity contribution is 8.00. The number of hydrogen-bond acceptors (Lipinski definition) is 3. The molecule has 4 aromatic rings. The SMILES string of the molecule is Cc1ccc(/C=C/c2cc3c(cc2CSc2nc4ccccc4s2)C(C)(C)CCC3(C)C)cc1. The molecule has 3 heteroatoms. The van der Waals surface area contributed by atoms with Gasteiger partial charge in [0.05, 0.1) is 10.2 Å². The lowest BCUT2D eigenvalue weighted by atomic mass is 9.62. The Labute approximate surface area is 212 Å². The molecular weight excluding hydrogens is 450 g/mol. The van der Waals surface area contributed by atoms with Crippen molar-refractivity contribution in [1.82, 2.24) is 4.98 Å². The Kier molecular flexibility index (Phi) is 6.20. The summed E-state index contributed by atoms with van der Waals surface area (Å²) in [7, 11) is 0. The van der Waals surface area contributed by atoms with Crippen molar-refractivity contribution in [2.75, 3.05) is 0 Å². The zero-order valence-electron chi connectivity index (χ0n) is 20.8. The average molecular weight is 484 g/mol. The minimum absolute atomic E-state index is 0.204. The minimum atomic E-state index is 0.204. The summed E-state index contributed by atoms with van der Waals surface area (Å²) in [4.78, 5) is 4.86. The van der Waals surface area contributed by atoms with E-state index < -0.39 is 0 Å². The Hall–Kier alpha value is -2.36. The van der Waals surface area contributed by atoms with Gasteiger partial charge in [-0.05, 0) is 70.5 Å². The molecule has 0 saturated heterocycles. The van der Waals surface area contributed by atoms with Crippen LogP contribution in [0.2, 0.25) is 0 Å². The van der Waals surface area contributed by atoms with Gasteiger partial charge in [0.25, 0.3) is 0 Å². The normalized spacial score (nSPS) is 16.7. The first-order chi connectivity index (χ1) is 16.2. The van der Waals surface area contributed by atoms with E-state index in [0.29, 0.717) is 0 Å². The van der Waals surface area contributed by atoms with Gasteiger partial charge in [0, 0.05) is 5.75 Å². The van der Waals surface area contributed by atoms with Crippen molar-refractivity contribution in [3.8, 4) is 0 Å². The fourth-order valence-electron chi connectivity index (χ4n) is 4.87. The molecule has 0 amide bonds. The van der Waals surface area contributed by atoms with Crippen LogP contribution in [0.25, 0.3) is 22.4 Å². The maximum absolute atomic E-state index is 4.86. The first kappa shape index (κ1) is 23.4. The number of para-hydroxylation sites is 1. The predicted molar refractivity (Wildman–Crippen MR) is 151 cm³/mol. The van der Waals surface area contributed by atoms with Gasteiger partial charge in [-0.2, -0.15) is 0 Å². The lowest BCUT2D eigenvalue weighted by Gasteiger charge is -2.42. The van der Waals surface area contributed by atoms with Crippen molar-refractivity contribution in [3.63, 3.8) is 0 Å². The highest BCUT2D eigenvalue weighted by Gasteiger charge is 2.37. The van der Waals surface area contributed by atoms with Crippen LogP contribution < -0.4 is 0 Å². The van der Waals surface area contributed by atoms with Crippen molar-refractivity contribution in [2.24, 2.45) is 0 Å². The maximum atomic E-state index is 4.86. The van der Waals surface area contributed by atoms with Crippen LogP contribution in [0.5, 0.6) is 0 Å². The van der Waals surface area contributed by atoms with Gasteiger partial charge in [0.2, 0.25) is 0 Å². The van der Waals surface area contributed by atoms with E-state index in [1.165, 1.54) is 50.9 Å². The Morgan fingerprint density at radius 2 is 1.56 bits per heavy atom. The number of benzene rings is 3. The van der Waals surface area contributed by atoms with Crippen molar-refractivity contribution in [3.05, 3.63) is 94.0 Å². The number of nitrogens with zero attached hydrogens (tertiary/aromatic N) is 1. The maximum Gasteiger partial charge on any atom is 0.151 e. The number of thioether (sulfide) groups is 1. The van der Waals surface area contributed by atoms with Gasteiger partial charge in [-0.1, -0.05) is 106 Å². The molecule has 0 radical (unpaired) electrons. The molecule has 1 nitrogen and oxygen atoms in total. The molecule has 0 spiro atoms. The van der Waals surface area contributed by atoms with Crippen LogP contribution in [0.3, 0.4) is 0 Å². The summed E-state index contributed by atoms with van der Waals surface area (Å²) in [6.45, 7) is 11.8. The number of thiazole rings is 1.